The summed E-state index contributed by atoms with van der Waals surface area (Å²) in [5.41, 5.74) is 2.59. The van der Waals surface area contributed by atoms with E-state index < -0.39 is 49.6 Å². The maximum Gasteiger partial charge on any atom is 0.0894 e. The van der Waals surface area contributed by atoms with Crippen LogP contribution in [0.1, 0.15) is 18.3 Å². The SMILES string of the molecule is CC(C(=O)[O-])N(CC(=O)[O-])Cc1cccc(-c2cccc(-c3cccc(CN(CC(=O)[O-])CC(=O)[O-])n3)n2)n1. The third kappa shape index (κ3) is 8.66. The lowest BCUT2D eigenvalue weighted by molar-refractivity contribution is -0.315. The predicted molar refractivity (Wildman–Crippen MR) is 126 cm³/mol. The largest absolute Gasteiger partial charge is 0.549 e. The van der Waals surface area contributed by atoms with Crippen molar-refractivity contribution < 1.29 is 39.6 Å². The number of carboxylic acids is 4. The number of carboxylic acid groups (broad SMARTS) is 4. The van der Waals surface area contributed by atoms with Crippen LogP contribution in [-0.4, -0.2) is 74.3 Å². The molecule has 13 nitrogen and oxygen atoms in total. The second-order valence-corrected chi connectivity index (χ2v) is 8.60. The highest BCUT2D eigenvalue weighted by atomic mass is 16.4. The molecule has 0 N–H and O–H groups in total. The Morgan fingerprint density at radius 1 is 0.641 bits per heavy atom. The van der Waals surface area contributed by atoms with Gasteiger partial charge in [-0.05, 0) is 43.3 Å². The van der Waals surface area contributed by atoms with Crippen LogP contribution in [-0.2, 0) is 32.3 Å². The number of rotatable bonds is 14. The molecule has 3 aromatic heterocycles. The fraction of sp³-hybridized carbons (Fsp3) is 0.269. The molecule has 0 radical (unpaired) electrons. The maximum atomic E-state index is 11.3. The third-order valence-electron chi connectivity index (χ3n) is 5.56. The molecular formula is C26H23N5O8-4. The molecule has 0 aromatic carbocycles. The van der Waals surface area contributed by atoms with Gasteiger partial charge in [-0.25, -0.2) is 15.0 Å². The zero-order valence-corrected chi connectivity index (χ0v) is 20.8. The van der Waals surface area contributed by atoms with Gasteiger partial charge in [0.1, 0.15) is 0 Å². The second-order valence-electron chi connectivity index (χ2n) is 8.60. The number of aliphatic carboxylic acids is 4. The minimum absolute atomic E-state index is 0.0776. The van der Waals surface area contributed by atoms with E-state index in [4.69, 9.17) is 0 Å². The van der Waals surface area contributed by atoms with Crippen molar-refractivity contribution in [2.45, 2.75) is 26.1 Å². The number of hydrogen-bond acceptors (Lipinski definition) is 13. The van der Waals surface area contributed by atoms with Gasteiger partial charge >= 0.3 is 0 Å². The van der Waals surface area contributed by atoms with Crippen LogP contribution in [0.15, 0.2) is 54.6 Å². The van der Waals surface area contributed by atoms with E-state index in [9.17, 15) is 39.6 Å². The summed E-state index contributed by atoms with van der Waals surface area (Å²) in [4.78, 5) is 60.2. The summed E-state index contributed by atoms with van der Waals surface area (Å²) in [6, 6.07) is 13.9. The zero-order chi connectivity index (χ0) is 28.5. The molecule has 0 spiro atoms. The Hall–Kier alpha value is -4.75. The van der Waals surface area contributed by atoms with Crippen LogP contribution in [0.3, 0.4) is 0 Å². The molecular weight excluding hydrogens is 510 g/mol. The zero-order valence-electron chi connectivity index (χ0n) is 20.8. The number of aromatic nitrogens is 3. The van der Waals surface area contributed by atoms with Crippen LogP contribution in [0.2, 0.25) is 0 Å². The summed E-state index contributed by atoms with van der Waals surface area (Å²) in [6.45, 7) is -0.708. The fourth-order valence-electron chi connectivity index (χ4n) is 3.76. The van der Waals surface area contributed by atoms with E-state index in [1.165, 1.54) is 6.92 Å². The Bertz CT molecular complexity index is 1350. The molecule has 39 heavy (non-hydrogen) atoms. The topological polar surface area (TPSA) is 206 Å². The summed E-state index contributed by atoms with van der Waals surface area (Å²) in [5.74, 6) is -5.74. The Balaban J connectivity index is 1.85. The van der Waals surface area contributed by atoms with Crippen molar-refractivity contribution in [3.63, 3.8) is 0 Å². The lowest BCUT2D eigenvalue weighted by Gasteiger charge is -2.29. The number of nitrogens with zero attached hydrogens (tertiary/aromatic N) is 5. The number of carbonyl (C=O) groups is 4. The highest BCUT2D eigenvalue weighted by Crippen LogP contribution is 2.21. The van der Waals surface area contributed by atoms with E-state index in [-0.39, 0.29) is 13.1 Å². The van der Waals surface area contributed by atoms with Crippen LogP contribution in [0.25, 0.3) is 22.8 Å². The van der Waals surface area contributed by atoms with Crippen molar-refractivity contribution in [1.82, 2.24) is 24.8 Å². The van der Waals surface area contributed by atoms with Gasteiger partial charge in [-0.15, -0.1) is 0 Å². The van der Waals surface area contributed by atoms with Gasteiger partial charge in [-0.2, -0.15) is 0 Å². The maximum absolute atomic E-state index is 11.3. The van der Waals surface area contributed by atoms with E-state index in [1.807, 2.05) is 0 Å². The van der Waals surface area contributed by atoms with Crippen molar-refractivity contribution in [2.75, 3.05) is 19.6 Å². The summed E-state index contributed by atoms with van der Waals surface area (Å²) in [5, 5.41) is 44.3. The number of hydrogen-bond donors (Lipinski definition) is 0. The van der Waals surface area contributed by atoms with E-state index in [0.29, 0.717) is 34.2 Å². The average Bonchev–Trinajstić information content (AvgIpc) is 2.87. The van der Waals surface area contributed by atoms with E-state index in [0.717, 1.165) is 9.80 Å². The lowest BCUT2D eigenvalue weighted by atomic mass is 10.1. The van der Waals surface area contributed by atoms with Gasteiger partial charge in [0.2, 0.25) is 0 Å². The Kier molecular flexibility index (Phi) is 9.73. The monoisotopic (exact) mass is 533 g/mol. The average molecular weight is 533 g/mol. The lowest BCUT2D eigenvalue weighted by Crippen LogP contribution is -2.49. The van der Waals surface area contributed by atoms with Crippen LogP contribution in [0.4, 0.5) is 0 Å². The van der Waals surface area contributed by atoms with Crippen LogP contribution < -0.4 is 20.4 Å². The van der Waals surface area contributed by atoms with Crippen LogP contribution >= 0.6 is 0 Å². The smallest absolute Gasteiger partial charge is 0.0894 e. The quantitative estimate of drug-likeness (QED) is 0.195. The van der Waals surface area contributed by atoms with Crippen molar-refractivity contribution in [1.29, 1.82) is 0 Å². The van der Waals surface area contributed by atoms with Crippen molar-refractivity contribution in [3.8, 4) is 22.8 Å². The van der Waals surface area contributed by atoms with Crippen LogP contribution in [0, 0.1) is 0 Å². The van der Waals surface area contributed by atoms with Gasteiger partial charge in [0.25, 0.3) is 0 Å². The molecule has 13 heteroatoms. The standard InChI is InChI=1S/C26H27N5O8/c1-16(26(38)39)31(15-25(36)37)12-18-6-3-8-20(28-18)22-10-4-9-21(29-22)19-7-2-5-17(27-19)11-30(13-23(32)33)14-24(34)35/h2-10,16H,11-15H2,1H3,(H,32,33)(H,34,35)(H,36,37)(H,38,39)/p-4. The molecule has 1 atom stereocenters. The second kappa shape index (κ2) is 13.2. The molecule has 3 aromatic rings. The van der Waals surface area contributed by atoms with Crippen molar-refractivity contribution in [2.24, 2.45) is 0 Å². The molecule has 3 rings (SSSR count). The molecule has 0 aliphatic carbocycles. The molecule has 0 aliphatic rings. The van der Waals surface area contributed by atoms with Crippen molar-refractivity contribution >= 4 is 23.9 Å². The minimum atomic E-state index is -1.44. The molecule has 0 bridgehead atoms. The molecule has 0 saturated heterocycles. The normalized spacial score (nSPS) is 11.9. The number of pyridine rings is 3. The highest BCUT2D eigenvalue weighted by Gasteiger charge is 2.17. The van der Waals surface area contributed by atoms with E-state index in [1.54, 1.807) is 54.6 Å². The molecule has 0 aliphatic heterocycles. The van der Waals surface area contributed by atoms with Gasteiger partial charge in [-0.3, -0.25) is 9.80 Å². The Morgan fingerprint density at radius 3 is 1.49 bits per heavy atom. The Labute approximate surface area is 223 Å². The first-order valence-corrected chi connectivity index (χ1v) is 11.7. The first-order chi connectivity index (χ1) is 18.5. The first kappa shape index (κ1) is 28.8. The minimum Gasteiger partial charge on any atom is -0.549 e. The summed E-state index contributed by atoms with van der Waals surface area (Å²) < 4.78 is 0. The van der Waals surface area contributed by atoms with Gasteiger partial charge in [0, 0.05) is 38.8 Å². The fourth-order valence-corrected chi connectivity index (χ4v) is 3.76. The van der Waals surface area contributed by atoms with Crippen LogP contribution in [0.5, 0.6) is 0 Å². The van der Waals surface area contributed by atoms with E-state index >= 15 is 0 Å². The summed E-state index contributed by atoms with van der Waals surface area (Å²) >= 11 is 0. The summed E-state index contributed by atoms with van der Waals surface area (Å²) in [6.07, 6.45) is 0. The van der Waals surface area contributed by atoms with E-state index in [2.05, 4.69) is 15.0 Å². The van der Waals surface area contributed by atoms with Crippen molar-refractivity contribution in [3.05, 3.63) is 66.0 Å². The third-order valence-corrected chi connectivity index (χ3v) is 5.56. The first-order valence-electron chi connectivity index (χ1n) is 11.7. The molecule has 3 heterocycles. The Morgan fingerprint density at radius 2 is 1.05 bits per heavy atom. The van der Waals surface area contributed by atoms with Gasteiger partial charge in [0.15, 0.2) is 0 Å². The molecule has 204 valence electrons. The van der Waals surface area contributed by atoms with Gasteiger partial charge in [-0.1, -0.05) is 18.2 Å². The molecule has 0 amide bonds. The summed E-state index contributed by atoms with van der Waals surface area (Å²) in [7, 11) is 0. The molecule has 0 fully saturated rings. The van der Waals surface area contributed by atoms with Gasteiger partial charge in [0.05, 0.1) is 58.0 Å². The highest BCUT2D eigenvalue weighted by molar-refractivity contribution is 5.73. The predicted octanol–water partition coefficient (Wildman–Crippen LogP) is -3.80. The molecule has 0 saturated carbocycles. The van der Waals surface area contributed by atoms with Gasteiger partial charge < -0.3 is 39.6 Å². The number of carbonyl (C=O) groups excluding carboxylic acids is 4. The molecule has 1 unspecified atom stereocenters.